The standard InChI is InChI=1S/C15H18N2OS2/c1-18-12-2-3-14-11(8-12)4-5-16-15(14)17-9-13-10-19-6-7-20-13/h2-5,8,13H,6-7,9-10H2,1H3,(H,16,17). The summed E-state index contributed by atoms with van der Waals surface area (Å²) in [5.74, 6) is 5.64. The van der Waals surface area contributed by atoms with Crippen LogP contribution < -0.4 is 10.1 Å². The van der Waals surface area contributed by atoms with Crippen molar-refractivity contribution in [3.05, 3.63) is 30.5 Å². The van der Waals surface area contributed by atoms with Gasteiger partial charge in [-0.25, -0.2) is 4.98 Å². The molecule has 5 heteroatoms. The van der Waals surface area contributed by atoms with Gasteiger partial charge in [0, 0.05) is 40.6 Å². The zero-order valence-corrected chi connectivity index (χ0v) is 13.1. The molecular formula is C15H18N2OS2. The number of aromatic nitrogens is 1. The number of anilines is 1. The molecule has 0 bridgehead atoms. The number of methoxy groups -OCH3 is 1. The van der Waals surface area contributed by atoms with Gasteiger partial charge in [-0.3, -0.25) is 0 Å². The highest BCUT2D eigenvalue weighted by Crippen LogP contribution is 2.27. The molecule has 0 amide bonds. The van der Waals surface area contributed by atoms with Crippen molar-refractivity contribution in [3.8, 4) is 5.75 Å². The van der Waals surface area contributed by atoms with Crippen molar-refractivity contribution >= 4 is 40.1 Å². The first-order chi connectivity index (χ1) is 9.86. The number of rotatable bonds is 4. The van der Waals surface area contributed by atoms with E-state index in [1.165, 1.54) is 17.3 Å². The van der Waals surface area contributed by atoms with Gasteiger partial charge in [-0.2, -0.15) is 23.5 Å². The van der Waals surface area contributed by atoms with E-state index in [9.17, 15) is 0 Å². The number of nitrogens with one attached hydrogen (secondary N) is 1. The molecule has 1 N–H and O–H groups in total. The highest BCUT2D eigenvalue weighted by molar-refractivity contribution is 8.06. The van der Waals surface area contributed by atoms with E-state index in [2.05, 4.69) is 28.1 Å². The van der Waals surface area contributed by atoms with E-state index in [0.29, 0.717) is 5.25 Å². The molecule has 0 aliphatic carbocycles. The Balaban J connectivity index is 1.76. The molecule has 2 heterocycles. The molecule has 1 fully saturated rings. The highest BCUT2D eigenvalue weighted by atomic mass is 32.2. The van der Waals surface area contributed by atoms with Gasteiger partial charge in [0.1, 0.15) is 11.6 Å². The molecule has 1 aliphatic heterocycles. The molecule has 106 valence electrons. The second kappa shape index (κ2) is 6.59. The second-order valence-electron chi connectivity index (χ2n) is 4.70. The Hall–Kier alpha value is -1.07. The quantitative estimate of drug-likeness (QED) is 0.935. The summed E-state index contributed by atoms with van der Waals surface area (Å²) >= 11 is 4.11. The fraction of sp³-hybridized carbons (Fsp3) is 0.400. The molecule has 0 radical (unpaired) electrons. The Labute approximate surface area is 127 Å². The normalized spacial score (nSPS) is 18.9. The average Bonchev–Trinajstić information content (AvgIpc) is 2.53. The van der Waals surface area contributed by atoms with Crippen LogP contribution in [-0.4, -0.2) is 41.1 Å². The predicted octanol–water partition coefficient (Wildman–Crippen LogP) is 3.50. The molecule has 2 aromatic rings. The van der Waals surface area contributed by atoms with Gasteiger partial charge in [-0.05, 0) is 29.7 Å². The van der Waals surface area contributed by atoms with Gasteiger partial charge in [0.25, 0.3) is 0 Å². The molecule has 1 unspecified atom stereocenters. The first-order valence-corrected chi connectivity index (χ1v) is 8.93. The van der Waals surface area contributed by atoms with E-state index >= 15 is 0 Å². The van der Waals surface area contributed by atoms with Crippen LogP contribution in [-0.2, 0) is 0 Å². The van der Waals surface area contributed by atoms with Crippen LogP contribution in [0, 0.1) is 0 Å². The smallest absolute Gasteiger partial charge is 0.133 e. The number of hydrogen-bond donors (Lipinski definition) is 1. The summed E-state index contributed by atoms with van der Waals surface area (Å²) in [6.07, 6.45) is 1.85. The van der Waals surface area contributed by atoms with Crippen molar-refractivity contribution in [1.29, 1.82) is 0 Å². The summed E-state index contributed by atoms with van der Waals surface area (Å²) in [4.78, 5) is 4.48. The number of fused-ring (bicyclic) bond motifs is 1. The Morgan fingerprint density at radius 1 is 1.35 bits per heavy atom. The van der Waals surface area contributed by atoms with Gasteiger partial charge in [-0.1, -0.05) is 0 Å². The van der Waals surface area contributed by atoms with Gasteiger partial charge in [0.15, 0.2) is 0 Å². The fourth-order valence-corrected chi connectivity index (χ4v) is 4.90. The number of thioether (sulfide) groups is 2. The molecule has 0 saturated carbocycles. The lowest BCUT2D eigenvalue weighted by Crippen LogP contribution is -2.23. The predicted molar refractivity (Wildman–Crippen MR) is 90.4 cm³/mol. The number of benzene rings is 1. The van der Waals surface area contributed by atoms with Crippen molar-refractivity contribution < 1.29 is 4.74 Å². The van der Waals surface area contributed by atoms with E-state index in [1.54, 1.807) is 7.11 Å². The van der Waals surface area contributed by atoms with Crippen molar-refractivity contribution in [2.45, 2.75) is 5.25 Å². The average molecular weight is 306 g/mol. The Morgan fingerprint density at radius 2 is 2.30 bits per heavy atom. The van der Waals surface area contributed by atoms with Crippen LogP contribution in [0.3, 0.4) is 0 Å². The maximum absolute atomic E-state index is 5.27. The lowest BCUT2D eigenvalue weighted by Gasteiger charge is -2.21. The molecule has 1 saturated heterocycles. The summed E-state index contributed by atoms with van der Waals surface area (Å²) in [5, 5.41) is 6.51. The van der Waals surface area contributed by atoms with E-state index in [1.807, 2.05) is 36.2 Å². The van der Waals surface area contributed by atoms with Crippen LogP contribution in [0.15, 0.2) is 30.5 Å². The summed E-state index contributed by atoms with van der Waals surface area (Å²) in [6, 6.07) is 8.13. The minimum Gasteiger partial charge on any atom is -0.497 e. The molecule has 3 nitrogen and oxygen atoms in total. The third-order valence-electron chi connectivity index (χ3n) is 3.35. The third-order valence-corrected chi connectivity index (χ3v) is 6.20. The Morgan fingerprint density at radius 3 is 3.10 bits per heavy atom. The Kier molecular flexibility index (Phi) is 4.58. The topological polar surface area (TPSA) is 34.1 Å². The van der Waals surface area contributed by atoms with Crippen LogP contribution >= 0.6 is 23.5 Å². The zero-order valence-electron chi connectivity index (χ0n) is 11.5. The van der Waals surface area contributed by atoms with Crippen molar-refractivity contribution in [2.75, 3.05) is 36.2 Å². The summed E-state index contributed by atoms with van der Waals surface area (Å²) in [7, 11) is 1.69. The fourth-order valence-electron chi connectivity index (χ4n) is 2.29. The van der Waals surface area contributed by atoms with Crippen molar-refractivity contribution in [3.63, 3.8) is 0 Å². The van der Waals surface area contributed by atoms with Crippen LogP contribution in [0.5, 0.6) is 5.75 Å². The van der Waals surface area contributed by atoms with Gasteiger partial charge in [0.05, 0.1) is 7.11 Å². The van der Waals surface area contributed by atoms with Crippen LogP contribution in [0.4, 0.5) is 5.82 Å². The number of pyridine rings is 1. The molecule has 1 aliphatic rings. The maximum atomic E-state index is 5.27. The van der Waals surface area contributed by atoms with Crippen LogP contribution in [0.25, 0.3) is 10.8 Å². The summed E-state index contributed by atoms with van der Waals surface area (Å²) < 4.78 is 5.27. The van der Waals surface area contributed by atoms with Crippen molar-refractivity contribution in [2.24, 2.45) is 0 Å². The number of nitrogens with zero attached hydrogens (tertiary/aromatic N) is 1. The second-order valence-corrected chi connectivity index (χ2v) is 7.25. The minimum absolute atomic E-state index is 0.684. The van der Waals surface area contributed by atoms with Gasteiger partial charge in [0.2, 0.25) is 0 Å². The minimum atomic E-state index is 0.684. The van der Waals surface area contributed by atoms with Gasteiger partial charge >= 0.3 is 0 Å². The van der Waals surface area contributed by atoms with E-state index in [4.69, 9.17) is 4.74 Å². The van der Waals surface area contributed by atoms with Gasteiger partial charge in [-0.15, -0.1) is 0 Å². The summed E-state index contributed by atoms with van der Waals surface area (Å²) in [6.45, 7) is 0.982. The molecule has 1 aromatic carbocycles. The molecule has 3 rings (SSSR count). The maximum Gasteiger partial charge on any atom is 0.133 e. The lowest BCUT2D eigenvalue weighted by atomic mass is 10.1. The largest absolute Gasteiger partial charge is 0.497 e. The lowest BCUT2D eigenvalue weighted by molar-refractivity contribution is 0.415. The molecule has 1 aromatic heterocycles. The number of ether oxygens (including phenoxy) is 1. The highest BCUT2D eigenvalue weighted by Gasteiger charge is 2.14. The van der Waals surface area contributed by atoms with Crippen LogP contribution in [0.1, 0.15) is 0 Å². The van der Waals surface area contributed by atoms with E-state index in [0.717, 1.165) is 28.9 Å². The first-order valence-electron chi connectivity index (χ1n) is 6.73. The van der Waals surface area contributed by atoms with Crippen molar-refractivity contribution in [1.82, 2.24) is 4.98 Å². The SMILES string of the molecule is COc1ccc2c(NCC3CSCCS3)nccc2c1. The molecule has 0 spiro atoms. The third kappa shape index (κ3) is 3.15. The van der Waals surface area contributed by atoms with Gasteiger partial charge < -0.3 is 10.1 Å². The molecule has 20 heavy (non-hydrogen) atoms. The first kappa shape index (κ1) is 13.9. The summed E-state index contributed by atoms with van der Waals surface area (Å²) in [5.41, 5.74) is 0. The Bertz CT molecular complexity index is 585. The zero-order chi connectivity index (χ0) is 13.8. The monoisotopic (exact) mass is 306 g/mol. The molecular weight excluding hydrogens is 288 g/mol. The molecule has 1 atom stereocenters. The number of hydrogen-bond acceptors (Lipinski definition) is 5. The van der Waals surface area contributed by atoms with E-state index < -0.39 is 0 Å². The van der Waals surface area contributed by atoms with Crippen LogP contribution in [0.2, 0.25) is 0 Å². The van der Waals surface area contributed by atoms with E-state index in [-0.39, 0.29) is 0 Å².